The molecule has 18 heavy (non-hydrogen) atoms. The first-order valence-corrected chi connectivity index (χ1v) is 6.48. The molecule has 0 bridgehead atoms. The van der Waals surface area contributed by atoms with Crippen molar-refractivity contribution >= 4 is 0 Å². The lowest BCUT2D eigenvalue weighted by atomic mass is 9.97. The van der Waals surface area contributed by atoms with Gasteiger partial charge in [-0.25, -0.2) is 0 Å². The third-order valence-electron chi connectivity index (χ3n) is 3.09. The number of hydrogen-bond acceptors (Lipinski definition) is 3. The van der Waals surface area contributed by atoms with Gasteiger partial charge in [0, 0.05) is 6.04 Å². The average Bonchev–Trinajstić information content (AvgIpc) is 2.37. The number of rotatable bonds is 7. The highest BCUT2D eigenvalue weighted by molar-refractivity contribution is 5.43. The van der Waals surface area contributed by atoms with Crippen LogP contribution in [-0.4, -0.2) is 27.3 Å². The van der Waals surface area contributed by atoms with E-state index in [1.807, 2.05) is 13.1 Å². The van der Waals surface area contributed by atoms with Gasteiger partial charge in [0.25, 0.3) is 0 Å². The van der Waals surface area contributed by atoms with Gasteiger partial charge in [-0.2, -0.15) is 0 Å². The predicted molar refractivity (Wildman–Crippen MR) is 75.6 cm³/mol. The maximum Gasteiger partial charge on any atom is 0.160 e. The van der Waals surface area contributed by atoms with E-state index >= 15 is 0 Å². The van der Waals surface area contributed by atoms with Gasteiger partial charge in [0.05, 0.1) is 14.2 Å². The molecule has 0 aliphatic carbocycles. The molecule has 0 saturated carbocycles. The molecule has 0 spiro atoms. The minimum atomic E-state index is 0.503. The van der Waals surface area contributed by atoms with Crippen molar-refractivity contribution in [3.63, 3.8) is 0 Å². The molecule has 1 N–H and O–H groups in total. The molecular formula is C15H25NO2. The lowest BCUT2D eigenvalue weighted by Crippen LogP contribution is -2.29. The fourth-order valence-electron chi connectivity index (χ4n) is 2.16. The second kappa shape index (κ2) is 7.27. The Balaban J connectivity index is 2.77. The molecule has 1 aromatic carbocycles. The molecular weight excluding hydrogens is 226 g/mol. The molecule has 0 fully saturated rings. The van der Waals surface area contributed by atoms with Gasteiger partial charge < -0.3 is 14.8 Å². The van der Waals surface area contributed by atoms with E-state index < -0.39 is 0 Å². The topological polar surface area (TPSA) is 30.5 Å². The minimum Gasteiger partial charge on any atom is -0.493 e. The van der Waals surface area contributed by atoms with Crippen LogP contribution in [0.15, 0.2) is 18.2 Å². The van der Waals surface area contributed by atoms with Crippen LogP contribution < -0.4 is 14.8 Å². The van der Waals surface area contributed by atoms with Gasteiger partial charge in [-0.05, 0) is 43.5 Å². The van der Waals surface area contributed by atoms with E-state index in [4.69, 9.17) is 9.47 Å². The first-order chi connectivity index (χ1) is 8.60. The zero-order valence-electron chi connectivity index (χ0n) is 12.1. The SMILES string of the molecule is CNC(Cc1ccc(OC)c(OC)c1)CC(C)C. The summed E-state index contributed by atoms with van der Waals surface area (Å²) in [7, 11) is 5.35. The van der Waals surface area contributed by atoms with Crippen molar-refractivity contribution in [2.24, 2.45) is 5.92 Å². The molecule has 1 unspecified atom stereocenters. The van der Waals surface area contributed by atoms with Gasteiger partial charge in [0.1, 0.15) is 0 Å². The smallest absolute Gasteiger partial charge is 0.160 e. The van der Waals surface area contributed by atoms with Crippen molar-refractivity contribution in [3.05, 3.63) is 23.8 Å². The zero-order valence-corrected chi connectivity index (χ0v) is 12.1. The van der Waals surface area contributed by atoms with Crippen molar-refractivity contribution in [1.29, 1.82) is 0 Å². The summed E-state index contributed by atoms with van der Waals surface area (Å²) in [5.74, 6) is 2.28. The maximum atomic E-state index is 5.33. The second-order valence-corrected chi connectivity index (χ2v) is 5.01. The molecule has 0 aromatic heterocycles. The van der Waals surface area contributed by atoms with E-state index in [1.165, 1.54) is 12.0 Å². The van der Waals surface area contributed by atoms with Crippen LogP contribution >= 0.6 is 0 Å². The third-order valence-corrected chi connectivity index (χ3v) is 3.09. The van der Waals surface area contributed by atoms with Crippen LogP contribution in [0, 0.1) is 5.92 Å². The molecule has 0 aliphatic rings. The van der Waals surface area contributed by atoms with Gasteiger partial charge in [-0.15, -0.1) is 0 Å². The molecule has 3 heteroatoms. The zero-order chi connectivity index (χ0) is 13.5. The fourth-order valence-corrected chi connectivity index (χ4v) is 2.16. The predicted octanol–water partition coefficient (Wildman–Crippen LogP) is 2.88. The van der Waals surface area contributed by atoms with Crippen LogP contribution in [0.25, 0.3) is 0 Å². The second-order valence-electron chi connectivity index (χ2n) is 5.01. The van der Waals surface area contributed by atoms with E-state index in [0.29, 0.717) is 12.0 Å². The maximum absolute atomic E-state index is 5.33. The average molecular weight is 251 g/mol. The lowest BCUT2D eigenvalue weighted by molar-refractivity contribution is 0.354. The van der Waals surface area contributed by atoms with Crippen molar-refractivity contribution in [2.75, 3.05) is 21.3 Å². The van der Waals surface area contributed by atoms with Crippen LogP contribution in [-0.2, 0) is 6.42 Å². The molecule has 1 aromatic rings. The van der Waals surface area contributed by atoms with Crippen LogP contribution in [0.4, 0.5) is 0 Å². The molecule has 0 saturated heterocycles. The Morgan fingerprint density at radius 2 is 1.78 bits per heavy atom. The first kappa shape index (κ1) is 14.8. The summed E-state index contributed by atoms with van der Waals surface area (Å²) in [5.41, 5.74) is 1.27. The van der Waals surface area contributed by atoms with Crippen LogP contribution in [0.5, 0.6) is 11.5 Å². The van der Waals surface area contributed by atoms with Gasteiger partial charge in [-0.1, -0.05) is 19.9 Å². The van der Waals surface area contributed by atoms with Gasteiger partial charge in [0.15, 0.2) is 11.5 Å². The lowest BCUT2D eigenvalue weighted by Gasteiger charge is -2.19. The molecule has 0 aliphatic heterocycles. The Kier molecular flexibility index (Phi) is 5.99. The van der Waals surface area contributed by atoms with Crippen LogP contribution in [0.3, 0.4) is 0 Å². The van der Waals surface area contributed by atoms with Gasteiger partial charge >= 0.3 is 0 Å². The molecule has 0 heterocycles. The van der Waals surface area contributed by atoms with Crippen molar-refractivity contribution in [2.45, 2.75) is 32.7 Å². The van der Waals surface area contributed by atoms with Crippen molar-refractivity contribution in [3.8, 4) is 11.5 Å². The molecule has 0 radical (unpaired) electrons. The highest BCUT2D eigenvalue weighted by Gasteiger charge is 2.11. The number of benzene rings is 1. The number of likely N-dealkylation sites (N-methyl/N-ethyl adjacent to an activating group) is 1. The molecule has 0 amide bonds. The molecule has 1 rings (SSSR count). The van der Waals surface area contributed by atoms with Crippen molar-refractivity contribution in [1.82, 2.24) is 5.32 Å². The number of nitrogens with one attached hydrogen (secondary N) is 1. The van der Waals surface area contributed by atoms with Crippen molar-refractivity contribution < 1.29 is 9.47 Å². The number of ether oxygens (including phenoxy) is 2. The third kappa shape index (κ3) is 4.22. The minimum absolute atomic E-state index is 0.503. The monoisotopic (exact) mass is 251 g/mol. The normalized spacial score (nSPS) is 12.6. The van der Waals surface area contributed by atoms with E-state index in [2.05, 4.69) is 31.3 Å². The molecule has 1 atom stereocenters. The summed E-state index contributed by atoms with van der Waals surface area (Å²) in [5, 5.41) is 3.38. The summed E-state index contributed by atoms with van der Waals surface area (Å²) in [4.78, 5) is 0. The van der Waals surface area contributed by atoms with Gasteiger partial charge in [-0.3, -0.25) is 0 Å². The van der Waals surface area contributed by atoms with E-state index in [1.54, 1.807) is 14.2 Å². The summed E-state index contributed by atoms with van der Waals surface area (Å²) in [6.07, 6.45) is 2.18. The number of methoxy groups -OCH3 is 2. The van der Waals surface area contributed by atoms with E-state index in [9.17, 15) is 0 Å². The largest absolute Gasteiger partial charge is 0.493 e. The summed E-state index contributed by atoms with van der Waals surface area (Å²) in [6.45, 7) is 4.50. The fraction of sp³-hybridized carbons (Fsp3) is 0.600. The standard InChI is InChI=1S/C15H25NO2/c1-11(2)8-13(16-3)9-12-6-7-14(17-4)15(10-12)18-5/h6-7,10-11,13,16H,8-9H2,1-5H3. The summed E-state index contributed by atoms with van der Waals surface area (Å²) >= 11 is 0. The highest BCUT2D eigenvalue weighted by Crippen LogP contribution is 2.28. The molecule has 3 nitrogen and oxygen atoms in total. The van der Waals surface area contributed by atoms with Gasteiger partial charge in [0.2, 0.25) is 0 Å². The Morgan fingerprint density at radius 3 is 2.28 bits per heavy atom. The van der Waals surface area contributed by atoms with Crippen LogP contribution in [0.2, 0.25) is 0 Å². The number of hydrogen-bond donors (Lipinski definition) is 1. The Bertz CT molecular complexity index is 364. The quantitative estimate of drug-likeness (QED) is 0.808. The Morgan fingerprint density at radius 1 is 1.11 bits per heavy atom. The van der Waals surface area contributed by atoms with E-state index in [0.717, 1.165) is 17.9 Å². The van der Waals surface area contributed by atoms with Crippen LogP contribution in [0.1, 0.15) is 25.8 Å². The van der Waals surface area contributed by atoms with E-state index in [-0.39, 0.29) is 0 Å². The molecule has 102 valence electrons. The Labute approximate surface area is 110 Å². The first-order valence-electron chi connectivity index (χ1n) is 6.48. The summed E-state index contributed by atoms with van der Waals surface area (Å²) in [6, 6.07) is 6.63. The Hall–Kier alpha value is -1.22. The summed E-state index contributed by atoms with van der Waals surface area (Å²) < 4.78 is 10.6. The highest BCUT2D eigenvalue weighted by atomic mass is 16.5.